The summed E-state index contributed by atoms with van der Waals surface area (Å²) >= 11 is 0. The van der Waals surface area contributed by atoms with E-state index in [1.54, 1.807) is 11.1 Å². The van der Waals surface area contributed by atoms with E-state index in [1.807, 2.05) is 35.2 Å². The summed E-state index contributed by atoms with van der Waals surface area (Å²) in [7, 11) is 0. The van der Waals surface area contributed by atoms with Gasteiger partial charge in [0.25, 0.3) is 5.91 Å². The normalized spacial score (nSPS) is 14.0. The van der Waals surface area contributed by atoms with E-state index in [1.165, 1.54) is 12.3 Å². The molecule has 3 aromatic rings. The molecule has 0 spiro atoms. The Balaban J connectivity index is 1.36. The number of nitrogens with one attached hydrogen (secondary N) is 1. The average Bonchev–Trinajstić information content (AvgIpc) is 2.75. The highest BCUT2D eigenvalue weighted by atomic mass is 19.1. The van der Waals surface area contributed by atoms with E-state index >= 15 is 0 Å². The Bertz CT molecular complexity index is 944. The minimum Gasteiger partial charge on any atom is -0.352 e. The second-order valence-corrected chi connectivity index (χ2v) is 6.25. The molecule has 142 valence electrons. The summed E-state index contributed by atoms with van der Waals surface area (Å²) in [5.74, 6) is 1.11. The first-order valence-corrected chi connectivity index (χ1v) is 8.86. The van der Waals surface area contributed by atoms with Crippen molar-refractivity contribution >= 4 is 23.4 Å². The summed E-state index contributed by atoms with van der Waals surface area (Å²) in [6.07, 6.45) is 4.17. The Morgan fingerprint density at radius 2 is 1.82 bits per heavy atom. The fourth-order valence-electron chi connectivity index (χ4n) is 2.99. The summed E-state index contributed by atoms with van der Waals surface area (Å²) in [5, 5.41) is 11.5. The Labute approximate surface area is 161 Å². The van der Waals surface area contributed by atoms with E-state index in [0.29, 0.717) is 37.8 Å². The molecule has 1 aliphatic heterocycles. The maximum atomic E-state index is 13.8. The van der Waals surface area contributed by atoms with Gasteiger partial charge in [-0.15, -0.1) is 10.2 Å². The summed E-state index contributed by atoms with van der Waals surface area (Å²) < 4.78 is 13.8. The van der Waals surface area contributed by atoms with Gasteiger partial charge < -0.3 is 15.1 Å². The number of amides is 1. The molecule has 3 aromatic heterocycles. The molecule has 0 bridgehead atoms. The minimum absolute atomic E-state index is 0.0493. The third-order valence-corrected chi connectivity index (χ3v) is 4.47. The molecule has 28 heavy (non-hydrogen) atoms. The molecule has 1 amide bonds. The molecular formula is C19H18FN7O. The fraction of sp³-hybridized carbons (Fsp3) is 0.211. The van der Waals surface area contributed by atoms with Crippen molar-refractivity contribution < 1.29 is 9.18 Å². The van der Waals surface area contributed by atoms with Crippen LogP contribution in [-0.2, 0) is 0 Å². The molecule has 0 aromatic carbocycles. The van der Waals surface area contributed by atoms with Gasteiger partial charge in [0.2, 0.25) is 0 Å². The summed E-state index contributed by atoms with van der Waals surface area (Å²) in [5.41, 5.74) is 0.0493. The maximum Gasteiger partial charge on any atom is 0.257 e. The zero-order valence-electron chi connectivity index (χ0n) is 15.0. The topological polar surface area (TPSA) is 87.1 Å². The van der Waals surface area contributed by atoms with Crippen molar-refractivity contribution in [2.24, 2.45) is 0 Å². The molecule has 1 fully saturated rings. The van der Waals surface area contributed by atoms with Crippen molar-refractivity contribution in [3.05, 3.63) is 66.4 Å². The minimum atomic E-state index is -0.600. The van der Waals surface area contributed by atoms with Crippen LogP contribution in [0.2, 0.25) is 0 Å². The number of nitrogens with zero attached hydrogens (tertiary/aromatic N) is 6. The van der Waals surface area contributed by atoms with Crippen molar-refractivity contribution in [3.8, 4) is 0 Å². The summed E-state index contributed by atoms with van der Waals surface area (Å²) in [6.45, 7) is 2.16. The van der Waals surface area contributed by atoms with Crippen LogP contribution in [-0.4, -0.2) is 57.2 Å². The van der Waals surface area contributed by atoms with Crippen molar-refractivity contribution in [3.63, 3.8) is 0 Å². The van der Waals surface area contributed by atoms with E-state index in [2.05, 4.69) is 25.5 Å². The molecule has 1 saturated heterocycles. The summed E-state index contributed by atoms with van der Waals surface area (Å²) in [6, 6.07) is 10.7. The molecule has 0 unspecified atom stereocenters. The SMILES string of the molecule is O=C(c1ccncc1F)N1CCN(c2ccc(Nc3ccccn3)nn2)CC1. The highest BCUT2D eigenvalue weighted by Gasteiger charge is 2.24. The van der Waals surface area contributed by atoms with Crippen LogP contribution >= 0.6 is 0 Å². The van der Waals surface area contributed by atoms with Gasteiger partial charge in [0.15, 0.2) is 17.5 Å². The van der Waals surface area contributed by atoms with E-state index in [4.69, 9.17) is 0 Å². The lowest BCUT2D eigenvalue weighted by Crippen LogP contribution is -2.49. The van der Waals surface area contributed by atoms with E-state index in [0.717, 1.165) is 12.0 Å². The third kappa shape index (κ3) is 3.88. The quantitative estimate of drug-likeness (QED) is 0.743. The highest BCUT2D eigenvalue weighted by Crippen LogP contribution is 2.18. The van der Waals surface area contributed by atoms with Crippen LogP contribution in [0, 0.1) is 5.82 Å². The van der Waals surface area contributed by atoms with Crippen LogP contribution in [0.1, 0.15) is 10.4 Å². The lowest BCUT2D eigenvalue weighted by molar-refractivity contribution is 0.0741. The standard InChI is InChI=1S/C19H18FN7O/c20-15-13-21-8-6-14(15)19(28)27-11-9-26(10-12-27)18-5-4-17(24-25-18)23-16-3-1-2-7-22-16/h1-8,13H,9-12H2,(H,22,23,24). The van der Waals surface area contributed by atoms with Crippen molar-refractivity contribution in [2.45, 2.75) is 0 Å². The van der Waals surface area contributed by atoms with Gasteiger partial charge in [0.05, 0.1) is 11.8 Å². The second-order valence-electron chi connectivity index (χ2n) is 6.25. The monoisotopic (exact) mass is 379 g/mol. The van der Waals surface area contributed by atoms with Crippen molar-refractivity contribution in [2.75, 3.05) is 36.4 Å². The van der Waals surface area contributed by atoms with Crippen LogP contribution in [0.15, 0.2) is 55.0 Å². The van der Waals surface area contributed by atoms with Crippen molar-refractivity contribution in [1.29, 1.82) is 0 Å². The van der Waals surface area contributed by atoms with Crippen LogP contribution in [0.25, 0.3) is 0 Å². The van der Waals surface area contributed by atoms with Gasteiger partial charge in [-0.3, -0.25) is 9.78 Å². The number of hydrogen-bond acceptors (Lipinski definition) is 7. The molecule has 0 atom stereocenters. The Kier molecular flexibility index (Phi) is 5.05. The largest absolute Gasteiger partial charge is 0.352 e. The fourth-order valence-corrected chi connectivity index (χ4v) is 2.99. The van der Waals surface area contributed by atoms with Crippen molar-refractivity contribution in [1.82, 2.24) is 25.1 Å². The molecule has 0 saturated carbocycles. The summed E-state index contributed by atoms with van der Waals surface area (Å²) in [4.78, 5) is 24.0. The number of pyridine rings is 2. The molecule has 1 aliphatic rings. The Morgan fingerprint density at radius 1 is 0.964 bits per heavy atom. The van der Waals surface area contributed by atoms with Gasteiger partial charge in [-0.1, -0.05) is 6.07 Å². The first kappa shape index (κ1) is 17.8. The van der Waals surface area contributed by atoms with Gasteiger partial charge in [-0.25, -0.2) is 9.37 Å². The lowest BCUT2D eigenvalue weighted by atomic mass is 10.2. The highest BCUT2D eigenvalue weighted by molar-refractivity contribution is 5.94. The molecule has 4 heterocycles. The van der Waals surface area contributed by atoms with E-state index < -0.39 is 5.82 Å². The number of carbonyl (C=O) groups excluding carboxylic acids is 1. The smallest absolute Gasteiger partial charge is 0.257 e. The van der Waals surface area contributed by atoms with E-state index in [-0.39, 0.29) is 11.5 Å². The van der Waals surface area contributed by atoms with Crippen LogP contribution in [0.4, 0.5) is 21.8 Å². The molecule has 9 heteroatoms. The zero-order chi connectivity index (χ0) is 19.3. The number of halogens is 1. The van der Waals surface area contributed by atoms with Crippen LogP contribution < -0.4 is 10.2 Å². The first-order valence-electron chi connectivity index (χ1n) is 8.86. The second kappa shape index (κ2) is 7.95. The average molecular weight is 379 g/mol. The van der Waals surface area contributed by atoms with Crippen LogP contribution in [0.3, 0.4) is 0 Å². The number of anilines is 3. The molecule has 0 radical (unpaired) electrons. The molecule has 4 rings (SSSR count). The van der Waals surface area contributed by atoms with Gasteiger partial charge >= 0.3 is 0 Å². The van der Waals surface area contributed by atoms with Gasteiger partial charge in [-0.2, -0.15) is 0 Å². The van der Waals surface area contributed by atoms with Gasteiger partial charge in [0.1, 0.15) is 5.82 Å². The first-order chi connectivity index (χ1) is 13.7. The third-order valence-electron chi connectivity index (χ3n) is 4.47. The van der Waals surface area contributed by atoms with Gasteiger partial charge in [-0.05, 0) is 30.3 Å². The molecular weight excluding hydrogens is 361 g/mol. The number of rotatable bonds is 4. The molecule has 8 nitrogen and oxygen atoms in total. The Morgan fingerprint density at radius 3 is 2.50 bits per heavy atom. The number of aromatic nitrogens is 4. The molecule has 1 N–H and O–H groups in total. The van der Waals surface area contributed by atoms with E-state index in [9.17, 15) is 9.18 Å². The Hall–Kier alpha value is -3.62. The van der Waals surface area contributed by atoms with Crippen LogP contribution in [0.5, 0.6) is 0 Å². The number of carbonyl (C=O) groups is 1. The predicted octanol–water partition coefficient (Wildman–Crippen LogP) is 2.11. The van der Waals surface area contributed by atoms with Gasteiger partial charge in [0, 0.05) is 38.6 Å². The zero-order valence-corrected chi connectivity index (χ0v) is 15.0. The molecule has 0 aliphatic carbocycles. The number of piperazine rings is 1. The number of hydrogen-bond donors (Lipinski definition) is 1. The maximum absolute atomic E-state index is 13.8. The predicted molar refractivity (Wildman–Crippen MR) is 102 cm³/mol. The lowest BCUT2D eigenvalue weighted by Gasteiger charge is -2.35.